The first-order valence-electron chi connectivity index (χ1n) is 3.68. The van der Waals surface area contributed by atoms with Gasteiger partial charge in [-0.25, -0.2) is 0 Å². The molecule has 0 amide bonds. The Hall–Kier alpha value is -0.780. The summed E-state index contributed by atoms with van der Waals surface area (Å²) in [7, 11) is 0. The van der Waals surface area contributed by atoms with Crippen molar-refractivity contribution in [2.75, 3.05) is 0 Å². The van der Waals surface area contributed by atoms with Gasteiger partial charge in [-0.1, -0.05) is 12.0 Å². The Morgan fingerprint density at radius 1 is 1.33 bits per heavy atom. The van der Waals surface area contributed by atoms with E-state index in [0.29, 0.717) is 0 Å². The smallest absolute Gasteiger partial charge is 0.119 e. The molecule has 0 aromatic rings. The van der Waals surface area contributed by atoms with Gasteiger partial charge in [0, 0.05) is 1.43 Å². The van der Waals surface area contributed by atoms with E-state index in [1.54, 1.807) is 27.7 Å². The highest BCUT2D eigenvalue weighted by Gasteiger charge is 2.03. The first-order chi connectivity index (χ1) is 5.12. The lowest BCUT2D eigenvalue weighted by molar-refractivity contribution is 0.133. The van der Waals surface area contributed by atoms with Gasteiger partial charge in [0.1, 0.15) is 5.60 Å². The molecule has 0 rings (SSSR count). The average molecular weight is 172 g/mol. The number of hydrogen-bond donors (Lipinski definition) is 2. The lowest BCUT2D eigenvalue weighted by Crippen LogP contribution is -2.13. The molecule has 0 radical (unpaired) electrons. The second kappa shape index (κ2) is 4.97. The molecule has 0 saturated heterocycles. The molecule has 12 heavy (non-hydrogen) atoms. The fourth-order valence-corrected chi connectivity index (χ4v) is 0. The third kappa shape index (κ3) is 22.9. The van der Waals surface area contributed by atoms with Gasteiger partial charge in [0.05, 0.1) is 5.60 Å². The number of aliphatic hydroxyl groups is 2. The molecule has 0 fully saturated rings. The first-order valence-corrected chi connectivity index (χ1v) is 3.68. The summed E-state index contributed by atoms with van der Waals surface area (Å²) < 4.78 is 0. The third-order valence-corrected chi connectivity index (χ3v) is 0.853. The second-order valence-corrected chi connectivity index (χ2v) is 3.56. The van der Waals surface area contributed by atoms with Gasteiger partial charge in [0.25, 0.3) is 0 Å². The fraction of sp³-hybridized carbons (Fsp3) is 0.600. The van der Waals surface area contributed by atoms with Crippen LogP contribution in [0.25, 0.3) is 0 Å². The number of terminal acetylenes is 1. The normalized spacial score (nSPS) is 10.8. The first kappa shape index (κ1) is 13.8. The Morgan fingerprint density at radius 2 is 1.50 bits per heavy atom. The molecule has 0 aliphatic carbocycles. The number of hydrogen-bond acceptors (Lipinski definition) is 2. The minimum atomic E-state index is -0.931. The average Bonchev–Trinajstić information content (AvgIpc) is 1.86. The summed E-state index contributed by atoms with van der Waals surface area (Å²) in [6.07, 6.45) is 6.30. The van der Waals surface area contributed by atoms with Crippen LogP contribution in [0.3, 0.4) is 0 Å². The maximum Gasteiger partial charge on any atom is 0.119 e. The summed E-state index contributed by atoms with van der Waals surface area (Å²) in [6.45, 7) is 9.87. The van der Waals surface area contributed by atoms with Crippen LogP contribution in [0.15, 0.2) is 12.7 Å². The number of rotatable bonds is 1. The Morgan fingerprint density at radius 3 is 1.50 bits per heavy atom. The van der Waals surface area contributed by atoms with Crippen molar-refractivity contribution in [1.82, 2.24) is 0 Å². The van der Waals surface area contributed by atoms with E-state index in [2.05, 4.69) is 12.5 Å². The van der Waals surface area contributed by atoms with Gasteiger partial charge in [-0.05, 0) is 27.7 Å². The molecule has 0 atom stereocenters. The van der Waals surface area contributed by atoms with Crippen LogP contribution in [0.1, 0.15) is 29.1 Å². The van der Waals surface area contributed by atoms with Crippen molar-refractivity contribution in [2.24, 2.45) is 0 Å². The van der Waals surface area contributed by atoms with Crippen molar-refractivity contribution in [3.63, 3.8) is 0 Å². The van der Waals surface area contributed by atoms with E-state index in [9.17, 15) is 0 Å². The van der Waals surface area contributed by atoms with Crippen LogP contribution in [-0.2, 0) is 0 Å². The van der Waals surface area contributed by atoms with Crippen molar-refractivity contribution in [3.8, 4) is 12.3 Å². The molecule has 72 valence electrons. The standard InChI is InChI=1S/C5H10O.C5H8O.H2/c2*1-4-5(2,3)6;/h4,6H,1H2,2-3H3;1,6H,2-3H3;1H. The monoisotopic (exact) mass is 172 g/mol. The maximum absolute atomic E-state index is 8.71. The molecule has 0 heterocycles. The largest absolute Gasteiger partial charge is 0.386 e. The zero-order valence-corrected chi connectivity index (χ0v) is 8.26. The van der Waals surface area contributed by atoms with E-state index in [0.717, 1.165) is 0 Å². The minimum Gasteiger partial charge on any atom is -0.386 e. The quantitative estimate of drug-likeness (QED) is 0.465. The highest BCUT2D eigenvalue weighted by atomic mass is 16.3. The van der Waals surface area contributed by atoms with Gasteiger partial charge in [-0.2, -0.15) is 0 Å². The maximum atomic E-state index is 8.71. The summed E-state index contributed by atoms with van der Waals surface area (Å²) in [6, 6.07) is 0. The van der Waals surface area contributed by atoms with Crippen LogP contribution < -0.4 is 0 Å². The predicted octanol–water partition coefficient (Wildman–Crippen LogP) is 1.58. The van der Waals surface area contributed by atoms with Crippen LogP contribution in [0.2, 0.25) is 0 Å². The molecule has 2 nitrogen and oxygen atoms in total. The topological polar surface area (TPSA) is 40.5 Å². The van der Waals surface area contributed by atoms with E-state index in [1.165, 1.54) is 6.08 Å². The molecule has 0 saturated carbocycles. The van der Waals surface area contributed by atoms with E-state index in [1.807, 2.05) is 0 Å². The van der Waals surface area contributed by atoms with Crippen LogP contribution in [0.5, 0.6) is 0 Å². The van der Waals surface area contributed by atoms with Gasteiger partial charge in [-0.3, -0.25) is 0 Å². The fourth-order valence-electron chi connectivity index (χ4n) is 0. The highest BCUT2D eigenvalue weighted by Crippen LogP contribution is 1.98. The van der Waals surface area contributed by atoms with Crippen LogP contribution in [0, 0.1) is 12.3 Å². The summed E-state index contributed by atoms with van der Waals surface area (Å²) >= 11 is 0. The van der Waals surface area contributed by atoms with E-state index in [4.69, 9.17) is 16.6 Å². The minimum absolute atomic E-state index is 0. The van der Waals surface area contributed by atoms with Crippen molar-refractivity contribution in [2.45, 2.75) is 38.9 Å². The Bertz CT molecular complexity index is 167. The third-order valence-electron chi connectivity index (χ3n) is 0.853. The Kier molecular flexibility index (Phi) is 5.71. The lowest BCUT2D eigenvalue weighted by atomic mass is 10.1. The summed E-state index contributed by atoms with van der Waals surface area (Å²) in [5, 5.41) is 17.3. The van der Waals surface area contributed by atoms with E-state index >= 15 is 0 Å². The van der Waals surface area contributed by atoms with Crippen molar-refractivity contribution in [3.05, 3.63) is 12.7 Å². The van der Waals surface area contributed by atoms with Gasteiger partial charge in [-0.15, -0.1) is 13.0 Å². The van der Waals surface area contributed by atoms with Gasteiger partial charge in [0.15, 0.2) is 0 Å². The van der Waals surface area contributed by atoms with Crippen molar-refractivity contribution < 1.29 is 11.6 Å². The molecule has 2 heteroatoms. The lowest BCUT2D eigenvalue weighted by Gasteiger charge is -2.07. The van der Waals surface area contributed by atoms with Crippen LogP contribution >= 0.6 is 0 Å². The molecular formula is C10H20O2. The molecule has 0 aliphatic rings. The predicted molar refractivity (Wildman–Crippen MR) is 53.7 cm³/mol. The highest BCUT2D eigenvalue weighted by molar-refractivity contribution is 5.00. The van der Waals surface area contributed by atoms with E-state index in [-0.39, 0.29) is 1.43 Å². The molecule has 0 aromatic carbocycles. The molecule has 0 aliphatic heterocycles. The SMILES string of the molecule is C#CC(C)(C)O.C=CC(C)(C)O.[HH]. The van der Waals surface area contributed by atoms with Crippen LogP contribution in [0.4, 0.5) is 0 Å². The van der Waals surface area contributed by atoms with Gasteiger partial charge >= 0.3 is 0 Å². The molecule has 0 spiro atoms. The zero-order valence-electron chi connectivity index (χ0n) is 8.26. The van der Waals surface area contributed by atoms with Crippen molar-refractivity contribution in [1.29, 1.82) is 0 Å². The molecule has 0 bridgehead atoms. The zero-order chi connectivity index (χ0) is 10.4. The molecular weight excluding hydrogens is 152 g/mol. The summed E-state index contributed by atoms with van der Waals surface area (Å²) in [5.74, 6) is 2.16. The van der Waals surface area contributed by atoms with E-state index < -0.39 is 11.2 Å². The molecule has 2 N–H and O–H groups in total. The molecule has 0 aromatic heterocycles. The summed E-state index contributed by atoms with van der Waals surface area (Å²) in [4.78, 5) is 0. The second-order valence-electron chi connectivity index (χ2n) is 3.56. The van der Waals surface area contributed by atoms with Gasteiger partial charge in [0.2, 0.25) is 0 Å². The van der Waals surface area contributed by atoms with Crippen LogP contribution in [-0.4, -0.2) is 21.4 Å². The van der Waals surface area contributed by atoms with Crippen molar-refractivity contribution >= 4 is 0 Å². The Labute approximate surface area is 76.4 Å². The summed E-state index contributed by atoms with van der Waals surface area (Å²) in [5.41, 5.74) is -1.62. The Balaban J connectivity index is -0.000000143. The van der Waals surface area contributed by atoms with Gasteiger partial charge < -0.3 is 10.2 Å². The molecule has 0 unspecified atom stereocenters.